The Kier molecular flexibility index (Phi) is 9.69. The molecule has 0 spiro atoms. The highest BCUT2D eigenvalue weighted by atomic mass is 16.5. The van der Waals surface area contributed by atoms with E-state index < -0.39 is 6.85 Å². The van der Waals surface area contributed by atoms with Crippen molar-refractivity contribution in [3.05, 3.63) is 217 Å². The fourth-order valence-electron chi connectivity index (χ4n) is 9.97. The van der Waals surface area contributed by atoms with Gasteiger partial charge in [0.05, 0.1) is 28.1 Å². The minimum Gasteiger partial charge on any atom is -0.457 e. The van der Waals surface area contributed by atoms with Gasteiger partial charge in [0.15, 0.2) is 0 Å². The molecule has 0 bridgehead atoms. The third-order valence-corrected chi connectivity index (χ3v) is 13.4. The largest absolute Gasteiger partial charge is 0.457 e. The van der Waals surface area contributed by atoms with Crippen LogP contribution in [-0.4, -0.2) is 16.2 Å². The van der Waals surface area contributed by atoms with Gasteiger partial charge in [-0.05, 0) is 111 Å². The molecule has 5 heteroatoms. The molecular weight excluding hydrogens is 829 g/mol. The second-order valence-corrected chi connectivity index (χ2v) is 19.9. The molecular formula is C63H56N4O. The van der Waals surface area contributed by atoms with E-state index in [2.05, 4.69) is 208 Å². The van der Waals surface area contributed by atoms with Crippen LogP contribution >= 0.6 is 0 Å². The van der Waals surface area contributed by atoms with Crippen LogP contribution in [0.2, 0.25) is 0 Å². The van der Waals surface area contributed by atoms with Crippen LogP contribution < -0.4 is 14.5 Å². The average Bonchev–Trinajstić information content (AvgIpc) is 3.91. The molecule has 0 N–H and O–H groups in total. The lowest BCUT2D eigenvalue weighted by atomic mass is 9.81. The van der Waals surface area contributed by atoms with E-state index in [0.717, 1.165) is 84.1 Å². The standard InChI is InChI=1S/C63H56N4O/c1-42-18-8-9-21-49(42)43-30-32-44(33-31-43)50-24-17-25-54(51-22-10-12-26-55(51)63(5,6)7)61(50)66-41-65(57-28-14-15-29-58(57)66)46-19-16-20-47(39-46)68-48-34-35-53-52-23-11-13-27-56(52)67(59(53)40-48)60-38-45(36-37-64-60)62(2,3)4/h8-40H,41H2,1-7H3/i1D3. The number of hydrogen-bond acceptors (Lipinski definition) is 4. The summed E-state index contributed by atoms with van der Waals surface area (Å²) < 4.78 is 33.8. The van der Waals surface area contributed by atoms with Crippen molar-refractivity contribution in [2.45, 2.75) is 59.2 Å². The van der Waals surface area contributed by atoms with Crippen LogP contribution in [0.4, 0.5) is 22.7 Å². The van der Waals surface area contributed by atoms with Gasteiger partial charge in [-0.3, -0.25) is 4.57 Å². The van der Waals surface area contributed by atoms with E-state index in [1.165, 1.54) is 16.7 Å². The molecule has 334 valence electrons. The molecule has 0 atom stereocenters. The molecule has 1 aliphatic rings. The Hall–Kier alpha value is -7.89. The lowest BCUT2D eigenvalue weighted by Gasteiger charge is -2.29. The Labute approximate surface area is 404 Å². The number of rotatable bonds is 8. The highest BCUT2D eigenvalue weighted by Gasteiger charge is 2.32. The summed E-state index contributed by atoms with van der Waals surface area (Å²) in [6.45, 7) is 11.8. The van der Waals surface area contributed by atoms with Crippen molar-refractivity contribution >= 4 is 44.6 Å². The van der Waals surface area contributed by atoms with Gasteiger partial charge in [0.2, 0.25) is 0 Å². The normalized spacial score (nSPS) is 13.6. The number of aryl methyl sites for hydroxylation is 1. The molecule has 0 saturated carbocycles. The molecule has 11 rings (SSSR count). The predicted octanol–water partition coefficient (Wildman–Crippen LogP) is 17.1. The Morgan fingerprint density at radius 1 is 0.500 bits per heavy atom. The summed E-state index contributed by atoms with van der Waals surface area (Å²) >= 11 is 0. The van der Waals surface area contributed by atoms with Gasteiger partial charge in [0.1, 0.15) is 24.0 Å². The maximum absolute atomic E-state index is 8.24. The average molecular weight is 888 g/mol. The zero-order valence-corrected chi connectivity index (χ0v) is 39.5. The topological polar surface area (TPSA) is 33.5 Å². The molecule has 0 amide bonds. The quantitative estimate of drug-likeness (QED) is 0.152. The number of para-hydroxylation sites is 4. The number of aromatic nitrogens is 2. The van der Waals surface area contributed by atoms with E-state index in [0.29, 0.717) is 17.8 Å². The van der Waals surface area contributed by atoms with Gasteiger partial charge in [0.25, 0.3) is 0 Å². The molecule has 5 nitrogen and oxygen atoms in total. The van der Waals surface area contributed by atoms with Gasteiger partial charge in [-0.2, -0.15) is 0 Å². The molecule has 0 radical (unpaired) electrons. The van der Waals surface area contributed by atoms with E-state index in [4.69, 9.17) is 13.8 Å². The van der Waals surface area contributed by atoms with Crippen LogP contribution in [0.5, 0.6) is 11.5 Å². The summed E-state index contributed by atoms with van der Waals surface area (Å²) in [6.07, 6.45) is 1.91. The molecule has 3 heterocycles. The van der Waals surface area contributed by atoms with Crippen LogP contribution in [0.15, 0.2) is 200 Å². The zero-order chi connectivity index (χ0) is 49.2. The van der Waals surface area contributed by atoms with Crippen LogP contribution in [0, 0.1) is 6.85 Å². The highest BCUT2D eigenvalue weighted by Crippen LogP contribution is 2.51. The van der Waals surface area contributed by atoms with Crippen molar-refractivity contribution in [2.75, 3.05) is 16.5 Å². The summed E-state index contributed by atoms with van der Waals surface area (Å²) in [6, 6.07) is 67.2. The van der Waals surface area contributed by atoms with Gasteiger partial charge in [0, 0.05) is 50.0 Å². The SMILES string of the molecule is [2H]C([2H])([2H])c1ccccc1-c1ccc(-c2cccc(-c3ccccc3C(C)(C)C)c2N2CN(c3cccc(Oc4ccc5c6ccccc6n(-c6cc(C(C)(C)C)ccn6)c5c4)c3)c3ccccc32)cc1. The second-order valence-electron chi connectivity index (χ2n) is 19.9. The van der Waals surface area contributed by atoms with E-state index in [9.17, 15) is 0 Å². The first-order chi connectivity index (χ1) is 34.1. The van der Waals surface area contributed by atoms with Crippen molar-refractivity contribution in [3.63, 3.8) is 0 Å². The number of nitrogens with zero attached hydrogens (tertiary/aromatic N) is 4. The first-order valence-corrected chi connectivity index (χ1v) is 23.5. The first-order valence-electron chi connectivity index (χ1n) is 25.0. The van der Waals surface area contributed by atoms with Gasteiger partial charge in [-0.1, -0.05) is 169 Å². The van der Waals surface area contributed by atoms with E-state index in [-0.39, 0.29) is 10.8 Å². The van der Waals surface area contributed by atoms with Crippen molar-refractivity contribution in [3.8, 4) is 50.7 Å². The monoisotopic (exact) mass is 887 g/mol. The van der Waals surface area contributed by atoms with Crippen molar-refractivity contribution in [1.29, 1.82) is 0 Å². The fourth-order valence-corrected chi connectivity index (χ4v) is 9.97. The molecule has 0 aliphatic carbocycles. The van der Waals surface area contributed by atoms with Gasteiger partial charge in [-0.15, -0.1) is 0 Å². The van der Waals surface area contributed by atoms with Crippen LogP contribution in [-0.2, 0) is 10.8 Å². The minimum atomic E-state index is -2.23. The fraction of sp³-hybridized carbons (Fsp3) is 0.159. The van der Waals surface area contributed by atoms with Gasteiger partial charge < -0.3 is 14.5 Å². The number of pyridine rings is 1. The molecule has 2 aromatic heterocycles. The number of fused-ring (bicyclic) bond motifs is 4. The van der Waals surface area contributed by atoms with E-state index in [1.54, 1.807) is 12.1 Å². The highest BCUT2D eigenvalue weighted by molar-refractivity contribution is 6.09. The summed E-state index contributed by atoms with van der Waals surface area (Å²) in [4.78, 5) is 9.70. The molecule has 10 aromatic rings. The first kappa shape index (κ1) is 39.3. The number of benzene rings is 8. The van der Waals surface area contributed by atoms with Gasteiger partial charge >= 0.3 is 0 Å². The summed E-state index contributed by atoms with van der Waals surface area (Å²) in [7, 11) is 0. The summed E-state index contributed by atoms with van der Waals surface area (Å²) in [5.74, 6) is 2.34. The number of ether oxygens (including phenoxy) is 1. The zero-order valence-electron chi connectivity index (χ0n) is 42.5. The molecule has 68 heavy (non-hydrogen) atoms. The molecule has 1 aliphatic heterocycles. The van der Waals surface area contributed by atoms with Crippen molar-refractivity contribution in [2.24, 2.45) is 0 Å². The lowest BCUT2D eigenvalue weighted by Crippen LogP contribution is -2.25. The van der Waals surface area contributed by atoms with Crippen LogP contribution in [0.3, 0.4) is 0 Å². The van der Waals surface area contributed by atoms with Crippen LogP contribution in [0.1, 0.15) is 62.3 Å². The molecule has 0 saturated heterocycles. The Morgan fingerprint density at radius 2 is 1.13 bits per heavy atom. The molecule has 0 unspecified atom stereocenters. The van der Waals surface area contributed by atoms with E-state index in [1.807, 2.05) is 36.5 Å². The summed E-state index contributed by atoms with van der Waals surface area (Å²) in [5.41, 5.74) is 15.1. The Morgan fingerprint density at radius 3 is 1.91 bits per heavy atom. The third kappa shape index (κ3) is 7.68. The smallest absolute Gasteiger partial charge is 0.137 e. The van der Waals surface area contributed by atoms with Crippen molar-refractivity contribution < 1.29 is 8.85 Å². The second kappa shape index (κ2) is 16.8. The molecule has 0 fully saturated rings. The van der Waals surface area contributed by atoms with Gasteiger partial charge in [-0.25, -0.2) is 4.98 Å². The predicted molar refractivity (Wildman–Crippen MR) is 286 cm³/mol. The maximum atomic E-state index is 8.24. The van der Waals surface area contributed by atoms with Crippen LogP contribution in [0.25, 0.3) is 61.0 Å². The Bertz CT molecular complexity index is 3630. The maximum Gasteiger partial charge on any atom is 0.137 e. The number of hydrogen-bond donors (Lipinski definition) is 0. The Balaban J connectivity index is 0.991. The van der Waals surface area contributed by atoms with Crippen molar-refractivity contribution in [1.82, 2.24) is 9.55 Å². The third-order valence-electron chi connectivity index (χ3n) is 13.4. The van der Waals surface area contributed by atoms with E-state index >= 15 is 0 Å². The number of anilines is 4. The lowest BCUT2D eigenvalue weighted by molar-refractivity contribution is 0.483. The summed E-state index contributed by atoms with van der Waals surface area (Å²) in [5, 5.41) is 2.30. The molecule has 8 aromatic carbocycles. The minimum absolute atomic E-state index is 0.0302.